The van der Waals surface area contributed by atoms with Gasteiger partial charge in [-0.2, -0.15) is 0 Å². The average Bonchev–Trinajstić information content (AvgIpc) is 2.99. The highest BCUT2D eigenvalue weighted by atomic mass is 16.6. The van der Waals surface area contributed by atoms with Crippen molar-refractivity contribution in [2.45, 2.75) is 5.92 Å². The van der Waals surface area contributed by atoms with E-state index in [-0.39, 0.29) is 12.4 Å². The molecule has 1 N–H and O–H groups in total. The highest BCUT2D eigenvalue weighted by Crippen LogP contribution is 2.26. The number of hydrogen-bond donors (Lipinski definition) is 1. The quantitative estimate of drug-likeness (QED) is 0.853. The van der Waals surface area contributed by atoms with Gasteiger partial charge in [0, 0.05) is 5.56 Å². The minimum Gasteiger partial charge on any atom is -0.483 e. The molecule has 0 saturated carbocycles. The second-order valence-electron chi connectivity index (χ2n) is 4.21. The predicted octanol–water partition coefficient (Wildman–Crippen LogP) is 2.91. The summed E-state index contributed by atoms with van der Waals surface area (Å²) in [5.41, 5.74) is 3.42. The first kappa shape index (κ1) is 13.8. The SMILES string of the molecule is O=CO.c1ccc(C2=NOCC2c2ccccc2)cc1. The first-order chi connectivity index (χ1) is 9.86. The fraction of sp³-hybridized carbons (Fsp3) is 0.125. The van der Waals surface area contributed by atoms with Crippen LogP contribution in [0.2, 0.25) is 0 Å². The molecule has 0 aliphatic carbocycles. The number of hydrogen-bond acceptors (Lipinski definition) is 3. The lowest BCUT2D eigenvalue weighted by atomic mass is 9.91. The van der Waals surface area contributed by atoms with Crippen LogP contribution in [0.15, 0.2) is 65.8 Å². The van der Waals surface area contributed by atoms with E-state index in [1.165, 1.54) is 5.56 Å². The van der Waals surface area contributed by atoms with Gasteiger partial charge in [0.1, 0.15) is 6.61 Å². The van der Waals surface area contributed by atoms with E-state index in [1.54, 1.807) is 0 Å². The molecule has 1 heterocycles. The highest BCUT2D eigenvalue weighted by molar-refractivity contribution is 6.05. The van der Waals surface area contributed by atoms with E-state index >= 15 is 0 Å². The molecular weight excluding hydrogens is 254 g/mol. The van der Waals surface area contributed by atoms with Crippen LogP contribution in [0.25, 0.3) is 0 Å². The van der Waals surface area contributed by atoms with Crippen molar-refractivity contribution in [1.82, 2.24) is 0 Å². The molecule has 102 valence electrons. The Morgan fingerprint density at radius 2 is 1.60 bits per heavy atom. The van der Waals surface area contributed by atoms with Crippen molar-refractivity contribution in [3.8, 4) is 0 Å². The van der Waals surface area contributed by atoms with Crippen molar-refractivity contribution in [3.63, 3.8) is 0 Å². The zero-order chi connectivity index (χ0) is 14.2. The third kappa shape index (κ3) is 3.23. The maximum Gasteiger partial charge on any atom is 0.290 e. The molecule has 0 saturated heterocycles. The van der Waals surface area contributed by atoms with Crippen LogP contribution in [0.3, 0.4) is 0 Å². The van der Waals surface area contributed by atoms with Gasteiger partial charge < -0.3 is 9.94 Å². The van der Waals surface area contributed by atoms with E-state index in [4.69, 9.17) is 14.7 Å². The van der Waals surface area contributed by atoms with Gasteiger partial charge >= 0.3 is 0 Å². The lowest BCUT2D eigenvalue weighted by Crippen LogP contribution is -2.12. The molecular formula is C16H15NO3. The van der Waals surface area contributed by atoms with Crippen LogP contribution < -0.4 is 0 Å². The first-order valence-electron chi connectivity index (χ1n) is 6.25. The maximum absolute atomic E-state index is 8.36. The summed E-state index contributed by atoms with van der Waals surface area (Å²) in [6.07, 6.45) is 0. The largest absolute Gasteiger partial charge is 0.483 e. The number of rotatable bonds is 2. The van der Waals surface area contributed by atoms with Crippen molar-refractivity contribution in [1.29, 1.82) is 0 Å². The lowest BCUT2D eigenvalue weighted by molar-refractivity contribution is -0.122. The molecule has 3 rings (SSSR count). The average molecular weight is 269 g/mol. The topological polar surface area (TPSA) is 58.9 Å². The van der Waals surface area contributed by atoms with Gasteiger partial charge in [0.2, 0.25) is 0 Å². The second kappa shape index (κ2) is 7.09. The van der Waals surface area contributed by atoms with E-state index in [0.29, 0.717) is 6.61 Å². The zero-order valence-corrected chi connectivity index (χ0v) is 10.8. The zero-order valence-electron chi connectivity index (χ0n) is 10.8. The van der Waals surface area contributed by atoms with Gasteiger partial charge in [-0.05, 0) is 5.56 Å². The van der Waals surface area contributed by atoms with Gasteiger partial charge in [0.05, 0.1) is 11.6 Å². The van der Waals surface area contributed by atoms with Crippen LogP contribution in [-0.4, -0.2) is 23.9 Å². The second-order valence-corrected chi connectivity index (χ2v) is 4.21. The molecule has 0 radical (unpaired) electrons. The van der Waals surface area contributed by atoms with Crippen molar-refractivity contribution < 1.29 is 14.7 Å². The van der Waals surface area contributed by atoms with E-state index in [2.05, 4.69) is 41.6 Å². The van der Waals surface area contributed by atoms with E-state index in [9.17, 15) is 0 Å². The summed E-state index contributed by atoms with van der Waals surface area (Å²) < 4.78 is 0. The summed E-state index contributed by atoms with van der Waals surface area (Å²) in [7, 11) is 0. The normalized spacial score (nSPS) is 16.4. The lowest BCUT2D eigenvalue weighted by Gasteiger charge is -2.10. The van der Waals surface area contributed by atoms with Crippen molar-refractivity contribution in [2.24, 2.45) is 5.16 Å². The van der Waals surface area contributed by atoms with Crippen molar-refractivity contribution in [3.05, 3.63) is 71.8 Å². The molecule has 0 bridgehead atoms. The summed E-state index contributed by atoms with van der Waals surface area (Å²) in [5, 5.41) is 11.1. The smallest absolute Gasteiger partial charge is 0.290 e. The van der Waals surface area contributed by atoms with Crippen LogP contribution in [0.4, 0.5) is 0 Å². The molecule has 0 amide bonds. The Bertz CT molecular complexity index is 567. The van der Waals surface area contributed by atoms with Crippen LogP contribution in [-0.2, 0) is 9.63 Å². The Balaban J connectivity index is 0.000000452. The van der Waals surface area contributed by atoms with Crippen LogP contribution in [0, 0.1) is 0 Å². The van der Waals surface area contributed by atoms with Gasteiger partial charge in [0.25, 0.3) is 6.47 Å². The van der Waals surface area contributed by atoms with Crippen LogP contribution in [0.5, 0.6) is 0 Å². The minimum atomic E-state index is -0.250. The van der Waals surface area contributed by atoms with Gasteiger partial charge in [0.15, 0.2) is 0 Å². The fourth-order valence-electron chi connectivity index (χ4n) is 2.13. The molecule has 2 aromatic rings. The molecule has 20 heavy (non-hydrogen) atoms. The summed E-state index contributed by atoms with van der Waals surface area (Å²) in [6, 6.07) is 20.6. The summed E-state index contributed by atoms with van der Waals surface area (Å²) in [4.78, 5) is 13.6. The Labute approximate surface area is 117 Å². The van der Waals surface area contributed by atoms with Gasteiger partial charge in [-0.3, -0.25) is 4.79 Å². The first-order valence-corrected chi connectivity index (χ1v) is 6.25. The van der Waals surface area contributed by atoms with Gasteiger partial charge in [-0.25, -0.2) is 0 Å². The van der Waals surface area contributed by atoms with Crippen LogP contribution in [0.1, 0.15) is 17.0 Å². The molecule has 0 fully saturated rings. The molecule has 1 unspecified atom stereocenters. The van der Waals surface area contributed by atoms with Crippen molar-refractivity contribution in [2.75, 3.05) is 6.61 Å². The highest BCUT2D eigenvalue weighted by Gasteiger charge is 2.25. The monoisotopic (exact) mass is 269 g/mol. The van der Waals surface area contributed by atoms with E-state index in [0.717, 1.165) is 11.3 Å². The Hall–Kier alpha value is -2.62. The Kier molecular flexibility index (Phi) is 4.89. The molecule has 1 aliphatic rings. The standard InChI is InChI=1S/C15H13NO.CH2O2/c1-3-7-12(8-4-1)14-11-17-16-15(14)13-9-5-2-6-10-13;2-1-3/h1-10,14H,11H2;1H,(H,2,3). The number of nitrogens with zero attached hydrogens (tertiary/aromatic N) is 1. The van der Waals surface area contributed by atoms with Gasteiger partial charge in [-0.15, -0.1) is 0 Å². The predicted molar refractivity (Wildman–Crippen MR) is 76.8 cm³/mol. The fourth-order valence-corrected chi connectivity index (χ4v) is 2.13. The Morgan fingerprint density at radius 1 is 1.05 bits per heavy atom. The molecule has 4 nitrogen and oxygen atoms in total. The molecule has 1 atom stereocenters. The van der Waals surface area contributed by atoms with Gasteiger partial charge in [-0.1, -0.05) is 65.8 Å². The summed E-state index contributed by atoms with van der Waals surface area (Å²) >= 11 is 0. The molecule has 2 aromatic carbocycles. The number of carbonyl (C=O) groups is 1. The number of oxime groups is 1. The summed E-state index contributed by atoms with van der Waals surface area (Å²) in [6.45, 7) is 0.383. The molecule has 0 aromatic heterocycles. The molecule has 4 heteroatoms. The van der Waals surface area contributed by atoms with Crippen LogP contribution >= 0.6 is 0 Å². The minimum absolute atomic E-state index is 0.249. The summed E-state index contributed by atoms with van der Waals surface area (Å²) in [5.74, 6) is 0.249. The third-order valence-corrected chi connectivity index (χ3v) is 3.01. The van der Waals surface area contributed by atoms with Crippen molar-refractivity contribution >= 4 is 12.2 Å². The number of carboxylic acid groups (broad SMARTS) is 1. The van der Waals surface area contributed by atoms with E-state index in [1.807, 2.05) is 24.3 Å². The third-order valence-electron chi connectivity index (χ3n) is 3.01. The Morgan fingerprint density at radius 3 is 2.20 bits per heavy atom. The maximum atomic E-state index is 8.36. The number of benzene rings is 2. The molecule has 1 aliphatic heterocycles. The molecule has 0 spiro atoms. The van der Waals surface area contributed by atoms with E-state index < -0.39 is 0 Å².